The second-order valence-corrected chi connectivity index (χ2v) is 10.6. The van der Waals surface area contributed by atoms with Crippen molar-refractivity contribution in [1.29, 1.82) is 0 Å². The third-order valence-electron chi connectivity index (χ3n) is 8.49. The van der Waals surface area contributed by atoms with Crippen LogP contribution in [0.1, 0.15) is 63.0 Å². The van der Waals surface area contributed by atoms with Crippen LogP contribution in [-0.2, 0) is 16.7 Å². The van der Waals surface area contributed by atoms with Gasteiger partial charge in [0.15, 0.2) is 0 Å². The molecule has 154 valence electrons. The van der Waals surface area contributed by atoms with Gasteiger partial charge in [-0.2, -0.15) is 8.42 Å². The van der Waals surface area contributed by atoms with Gasteiger partial charge in [0, 0.05) is 0 Å². The fraction of sp³-hybridized carbons (Fsp3) is 0.714. The quantitative estimate of drug-likeness (QED) is 0.664. The molecule has 3 saturated carbocycles. The zero-order chi connectivity index (χ0) is 19.9. The molecule has 1 aromatic rings. The summed E-state index contributed by atoms with van der Waals surface area (Å²) in [6, 6.07) is 3.83. The number of hydrogen-bond acceptors (Lipinski definition) is 4. The van der Waals surface area contributed by atoms with Gasteiger partial charge in [-0.15, -0.1) is 0 Å². The van der Waals surface area contributed by atoms with Crippen LogP contribution in [0.5, 0.6) is 5.75 Å². The summed E-state index contributed by atoms with van der Waals surface area (Å²) in [7, 11) is -4.35. The molecule has 0 amide bonds. The van der Waals surface area contributed by atoms with Crippen LogP contribution in [0.25, 0.3) is 0 Å². The summed E-state index contributed by atoms with van der Waals surface area (Å²) in [5.41, 5.74) is 3.05. The summed E-state index contributed by atoms with van der Waals surface area (Å²) in [6.45, 7) is 4.59. The number of benzene rings is 1. The highest BCUT2D eigenvalue weighted by atomic mass is 32.2. The minimum absolute atomic E-state index is 0.0472. The molecule has 0 unspecified atom stereocenters. The van der Waals surface area contributed by atoms with E-state index in [0.717, 1.165) is 37.7 Å². The average Bonchev–Trinajstić information content (AvgIpc) is 3.27. The van der Waals surface area contributed by atoms with Crippen LogP contribution >= 0.6 is 0 Å². The number of ether oxygens (including phenoxy) is 1. The van der Waals surface area contributed by atoms with Crippen molar-refractivity contribution in [3.05, 3.63) is 23.3 Å². The zero-order valence-electron chi connectivity index (χ0n) is 16.4. The lowest BCUT2D eigenvalue weighted by molar-refractivity contribution is -0.0558. The normalized spacial score (nSPS) is 40.7. The first-order valence-electron chi connectivity index (χ1n) is 10.4. The number of hydrogen-bond donors (Lipinski definition) is 3. The predicted molar refractivity (Wildman–Crippen MR) is 106 cm³/mol. The molecular formula is C21H29NO5S. The molecular weight excluding hydrogens is 378 g/mol. The summed E-state index contributed by atoms with van der Waals surface area (Å²) in [6.07, 6.45) is 6.09. The molecule has 6 atom stereocenters. The van der Waals surface area contributed by atoms with Crippen LogP contribution in [-0.4, -0.2) is 30.8 Å². The van der Waals surface area contributed by atoms with E-state index in [9.17, 15) is 18.1 Å². The molecule has 0 radical (unpaired) electrons. The topological polar surface area (TPSA) is 95.9 Å². The standard InChI is InChI=1S/C21H29NO5S/c1-3-27-18-10-15-12(8-17(18)22-28(24,25)26)4-5-16-14(15)6-7-20(2)19(23)9-13-11-21(13,16)20/h8,10,13-14,16,19,22-23H,3-7,9,11H2,1-2H3,(H,24,25,26)/t13-,14-,16-,19+,20-,21+/m1/s1. The Morgan fingerprint density at radius 2 is 2.11 bits per heavy atom. The molecule has 0 heterocycles. The van der Waals surface area contributed by atoms with Gasteiger partial charge in [-0.25, -0.2) is 0 Å². The molecule has 28 heavy (non-hydrogen) atoms. The van der Waals surface area contributed by atoms with Gasteiger partial charge in [0.2, 0.25) is 0 Å². The fourth-order valence-corrected chi connectivity index (χ4v) is 7.75. The Labute approximate surface area is 166 Å². The van der Waals surface area contributed by atoms with Gasteiger partial charge < -0.3 is 9.84 Å². The number of nitrogens with one attached hydrogen (secondary N) is 1. The summed E-state index contributed by atoms with van der Waals surface area (Å²) < 4.78 is 39.8. The maximum absolute atomic E-state index is 11.4. The maximum Gasteiger partial charge on any atom is 0.357 e. The third-order valence-corrected chi connectivity index (χ3v) is 8.96. The second kappa shape index (κ2) is 5.86. The van der Waals surface area contributed by atoms with Gasteiger partial charge in [0.25, 0.3) is 0 Å². The minimum atomic E-state index is -4.35. The molecule has 0 saturated heterocycles. The molecule has 0 aliphatic heterocycles. The molecule has 4 aliphatic carbocycles. The minimum Gasteiger partial charge on any atom is -0.492 e. The highest BCUT2D eigenvalue weighted by Gasteiger charge is 2.76. The predicted octanol–water partition coefficient (Wildman–Crippen LogP) is 3.52. The molecule has 1 aromatic carbocycles. The van der Waals surface area contributed by atoms with E-state index in [1.54, 1.807) is 0 Å². The van der Waals surface area contributed by atoms with Gasteiger partial charge in [0.1, 0.15) is 5.75 Å². The van der Waals surface area contributed by atoms with Gasteiger partial charge in [0.05, 0.1) is 18.4 Å². The van der Waals surface area contributed by atoms with Gasteiger partial charge in [-0.1, -0.05) is 6.92 Å². The van der Waals surface area contributed by atoms with Crippen LogP contribution in [0.15, 0.2) is 12.1 Å². The monoisotopic (exact) mass is 407 g/mol. The first-order chi connectivity index (χ1) is 13.2. The van der Waals surface area contributed by atoms with Crippen molar-refractivity contribution >= 4 is 16.0 Å². The van der Waals surface area contributed by atoms with Crippen molar-refractivity contribution in [2.24, 2.45) is 22.7 Å². The lowest BCUT2D eigenvalue weighted by atomic mass is 9.52. The fourth-order valence-electron chi connectivity index (χ4n) is 7.31. The summed E-state index contributed by atoms with van der Waals surface area (Å²) in [4.78, 5) is 0. The molecule has 3 N–H and O–H groups in total. The van der Waals surface area contributed by atoms with Gasteiger partial charge >= 0.3 is 10.3 Å². The largest absolute Gasteiger partial charge is 0.492 e. The highest BCUT2D eigenvalue weighted by molar-refractivity contribution is 7.87. The van der Waals surface area contributed by atoms with Crippen molar-refractivity contribution in [3.8, 4) is 5.75 Å². The Morgan fingerprint density at radius 3 is 2.82 bits per heavy atom. The van der Waals surface area contributed by atoms with E-state index in [1.807, 2.05) is 19.1 Å². The molecule has 4 aliphatic rings. The summed E-state index contributed by atoms with van der Waals surface area (Å²) in [5.74, 6) is 2.15. The van der Waals surface area contributed by atoms with E-state index in [4.69, 9.17) is 4.74 Å². The van der Waals surface area contributed by atoms with Crippen LogP contribution in [0.2, 0.25) is 0 Å². The van der Waals surface area contributed by atoms with Gasteiger partial charge in [-0.05, 0) is 97.3 Å². The Kier molecular flexibility index (Phi) is 3.91. The van der Waals surface area contributed by atoms with Crippen molar-refractivity contribution in [2.75, 3.05) is 11.3 Å². The number of aliphatic hydroxyl groups excluding tert-OH is 1. The SMILES string of the molecule is CCOc1cc2c(cc1NS(=O)(=O)O)CC[C@@H]1[C@@H]2CC[C@]2(C)[C@@H](O)C[C@@H]3C[C@]312. The Balaban J connectivity index is 1.55. The molecule has 0 bridgehead atoms. The average molecular weight is 408 g/mol. The van der Waals surface area contributed by atoms with E-state index in [1.165, 1.54) is 12.0 Å². The number of anilines is 1. The first kappa shape index (κ1) is 18.7. The van der Waals surface area contributed by atoms with E-state index in [-0.39, 0.29) is 16.9 Å². The summed E-state index contributed by atoms with van der Waals surface area (Å²) >= 11 is 0. The highest BCUT2D eigenvalue weighted by Crippen LogP contribution is 2.81. The molecule has 7 heteroatoms. The van der Waals surface area contributed by atoms with E-state index in [2.05, 4.69) is 11.6 Å². The summed E-state index contributed by atoms with van der Waals surface area (Å²) in [5, 5.41) is 10.7. The molecule has 0 aromatic heterocycles. The van der Waals surface area contributed by atoms with Crippen LogP contribution in [0, 0.1) is 22.7 Å². The molecule has 5 rings (SSSR count). The maximum atomic E-state index is 11.4. The number of aryl methyl sites for hydroxylation is 1. The Bertz CT molecular complexity index is 931. The number of rotatable bonds is 4. The first-order valence-corrected chi connectivity index (χ1v) is 11.9. The smallest absolute Gasteiger partial charge is 0.357 e. The lowest BCUT2D eigenvalue weighted by Crippen LogP contribution is -2.47. The number of fused-ring (bicyclic) bond motifs is 3. The van der Waals surface area contributed by atoms with Crippen LogP contribution in [0.4, 0.5) is 5.69 Å². The van der Waals surface area contributed by atoms with Crippen LogP contribution < -0.4 is 9.46 Å². The zero-order valence-corrected chi connectivity index (χ0v) is 17.3. The molecule has 3 fully saturated rings. The number of aliphatic hydroxyl groups is 1. The Morgan fingerprint density at radius 1 is 1.32 bits per heavy atom. The Hall–Kier alpha value is -1.31. The van der Waals surface area contributed by atoms with Crippen molar-refractivity contribution in [3.63, 3.8) is 0 Å². The van der Waals surface area contributed by atoms with Crippen molar-refractivity contribution in [1.82, 2.24) is 0 Å². The lowest BCUT2D eigenvalue weighted by Gasteiger charge is -2.52. The van der Waals surface area contributed by atoms with Crippen molar-refractivity contribution in [2.45, 2.75) is 64.4 Å². The second-order valence-electron chi connectivity index (χ2n) is 9.46. The molecule has 1 spiro atoms. The van der Waals surface area contributed by atoms with E-state index < -0.39 is 10.3 Å². The van der Waals surface area contributed by atoms with E-state index in [0.29, 0.717) is 35.8 Å². The van der Waals surface area contributed by atoms with E-state index >= 15 is 0 Å². The third kappa shape index (κ3) is 2.42. The van der Waals surface area contributed by atoms with Crippen LogP contribution in [0.3, 0.4) is 0 Å². The molecule has 6 nitrogen and oxygen atoms in total. The van der Waals surface area contributed by atoms with Crippen molar-refractivity contribution < 1.29 is 22.8 Å². The van der Waals surface area contributed by atoms with Gasteiger partial charge in [-0.3, -0.25) is 9.27 Å².